The number of carbonyl (C=O) groups is 4. The van der Waals surface area contributed by atoms with E-state index < -0.39 is 6.04 Å². The van der Waals surface area contributed by atoms with Crippen molar-refractivity contribution in [1.82, 2.24) is 15.1 Å². The summed E-state index contributed by atoms with van der Waals surface area (Å²) in [7, 11) is 0. The minimum absolute atomic E-state index is 0.0978. The Morgan fingerprint density at radius 3 is 2.32 bits per heavy atom. The van der Waals surface area contributed by atoms with Crippen molar-refractivity contribution in [2.75, 3.05) is 13.1 Å². The number of nitrogens with one attached hydrogen (secondary N) is 1. The number of hydrogen-bond donors (Lipinski definition) is 1. The first kappa shape index (κ1) is 25.4. The Balaban J connectivity index is 1.65. The number of halogens is 1. The normalized spacial score (nSPS) is 13.6. The van der Waals surface area contributed by atoms with Crippen LogP contribution in [0.1, 0.15) is 65.8 Å². The van der Waals surface area contributed by atoms with E-state index in [9.17, 15) is 19.2 Å². The first-order chi connectivity index (χ1) is 16.3. The summed E-state index contributed by atoms with van der Waals surface area (Å²) >= 11 is 6.10. The predicted octanol–water partition coefficient (Wildman–Crippen LogP) is 4.05. The number of hydrogen-bond acceptors (Lipinski definition) is 4. The molecule has 0 aliphatic carbocycles. The molecule has 0 aromatic heterocycles. The zero-order chi connectivity index (χ0) is 24.7. The molecule has 34 heavy (non-hydrogen) atoms. The fourth-order valence-electron chi connectivity index (χ4n) is 3.92. The zero-order valence-electron chi connectivity index (χ0n) is 19.6. The van der Waals surface area contributed by atoms with Crippen LogP contribution in [0.5, 0.6) is 0 Å². The third kappa shape index (κ3) is 6.03. The molecule has 0 bridgehead atoms. The van der Waals surface area contributed by atoms with E-state index in [0.717, 1.165) is 18.4 Å². The van der Waals surface area contributed by atoms with Gasteiger partial charge in [0, 0.05) is 31.1 Å². The van der Waals surface area contributed by atoms with Crippen LogP contribution in [0, 0.1) is 0 Å². The summed E-state index contributed by atoms with van der Waals surface area (Å²) in [6.07, 6.45) is 2.22. The van der Waals surface area contributed by atoms with Crippen LogP contribution in [-0.4, -0.2) is 52.6 Å². The van der Waals surface area contributed by atoms with Crippen molar-refractivity contribution in [1.29, 1.82) is 0 Å². The maximum atomic E-state index is 13.2. The van der Waals surface area contributed by atoms with E-state index >= 15 is 0 Å². The first-order valence-electron chi connectivity index (χ1n) is 11.6. The van der Waals surface area contributed by atoms with Crippen molar-refractivity contribution < 1.29 is 19.2 Å². The third-order valence-corrected chi connectivity index (χ3v) is 6.12. The summed E-state index contributed by atoms with van der Waals surface area (Å²) in [4.78, 5) is 53.7. The van der Waals surface area contributed by atoms with E-state index in [1.165, 1.54) is 9.80 Å². The summed E-state index contributed by atoms with van der Waals surface area (Å²) in [5.74, 6) is -1.13. The lowest BCUT2D eigenvalue weighted by Gasteiger charge is -2.29. The lowest BCUT2D eigenvalue weighted by molar-refractivity contribution is -0.140. The van der Waals surface area contributed by atoms with Crippen LogP contribution in [0.2, 0.25) is 5.02 Å². The third-order valence-electron chi connectivity index (χ3n) is 5.89. The Bertz CT molecular complexity index is 1040. The molecule has 3 rings (SSSR count). The van der Waals surface area contributed by atoms with Crippen molar-refractivity contribution >= 4 is 35.2 Å². The molecule has 2 aromatic rings. The Kier molecular flexibility index (Phi) is 8.82. The van der Waals surface area contributed by atoms with Gasteiger partial charge in [0.2, 0.25) is 11.8 Å². The molecular formula is C26H30ClN3O4. The maximum Gasteiger partial charge on any atom is 0.261 e. The highest BCUT2D eigenvalue weighted by atomic mass is 35.5. The molecule has 7 nitrogen and oxygen atoms in total. The second kappa shape index (κ2) is 11.8. The summed E-state index contributed by atoms with van der Waals surface area (Å²) in [5.41, 5.74) is 1.59. The highest BCUT2D eigenvalue weighted by molar-refractivity contribution is 6.30. The van der Waals surface area contributed by atoms with Crippen LogP contribution in [0.4, 0.5) is 0 Å². The van der Waals surface area contributed by atoms with E-state index in [4.69, 9.17) is 11.6 Å². The summed E-state index contributed by atoms with van der Waals surface area (Å²) in [5, 5.41) is 3.43. The lowest BCUT2D eigenvalue weighted by Crippen LogP contribution is -2.48. The van der Waals surface area contributed by atoms with Gasteiger partial charge in [-0.2, -0.15) is 0 Å². The van der Waals surface area contributed by atoms with E-state index in [-0.39, 0.29) is 43.1 Å². The van der Waals surface area contributed by atoms with Crippen molar-refractivity contribution in [3.63, 3.8) is 0 Å². The molecular weight excluding hydrogens is 454 g/mol. The molecule has 0 spiro atoms. The van der Waals surface area contributed by atoms with Gasteiger partial charge in [-0.15, -0.1) is 0 Å². The smallest absolute Gasteiger partial charge is 0.261 e. The van der Waals surface area contributed by atoms with Gasteiger partial charge in [-0.05, 0) is 49.6 Å². The predicted molar refractivity (Wildman–Crippen MR) is 130 cm³/mol. The minimum atomic E-state index is -0.678. The molecule has 8 heteroatoms. The number of carbonyl (C=O) groups excluding carboxylic acids is 4. The highest BCUT2D eigenvalue weighted by Crippen LogP contribution is 2.23. The van der Waals surface area contributed by atoms with Gasteiger partial charge >= 0.3 is 0 Å². The molecule has 0 saturated carbocycles. The van der Waals surface area contributed by atoms with Crippen LogP contribution in [0.15, 0.2) is 48.5 Å². The number of imide groups is 1. The quantitative estimate of drug-likeness (QED) is 0.386. The lowest BCUT2D eigenvalue weighted by atomic mass is 10.1. The summed E-state index contributed by atoms with van der Waals surface area (Å²) in [6.45, 7) is 4.67. The average Bonchev–Trinajstić information content (AvgIpc) is 3.07. The Labute approximate surface area is 205 Å². The molecule has 4 amide bonds. The van der Waals surface area contributed by atoms with E-state index in [1.54, 1.807) is 49.4 Å². The SMILES string of the molecule is CCCCNC(=O)[C@H](C)N(Cc1cccc(Cl)c1)C(=O)CCCN1C(=O)c2ccccc2C1=O. The molecule has 0 fully saturated rings. The Morgan fingerprint density at radius 2 is 1.71 bits per heavy atom. The molecule has 1 heterocycles. The van der Waals surface area contributed by atoms with Crippen LogP contribution in [0.25, 0.3) is 0 Å². The van der Waals surface area contributed by atoms with Gasteiger partial charge in [0.05, 0.1) is 11.1 Å². The molecule has 1 N–H and O–H groups in total. The molecule has 180 valence electrons. The van der Waals surface area contributed by atoms with Crippen LogP contribution in [0.3, 0.4) is 0 Å². The number of nitrogens with zero attached hydrogens (tertiary/aromatic N) is 2. The van der Waals surface area contributed by atoms with E-state index in [2.05, 4.69) is 5.32 Å². The van der Waals surface area contributed by atoms with Crippen LogP contribution < -0.4 is 5.32 Å². The van der Waals surface area contributed by atoms with Gasteiger partial charge in [-0.25, -0.2) is 0 Å². The monoisotopic (exact) mass is 483 g/mol. The van der Waals surface area contributed by atoms with Gasteiger partial charge < -0.3 is 10.2 Å². The number of fused-ring (bicyclic) bond motifs is 1. The van der Waals surface area contributed by atoms with Crippen molar-refractivity contribution in [2.24, 2.45) is 0 Å². The first-order valence-corrected chi connectivity index (χ1v) is 12.0. The highest BCUT2D eigenvalue weighted by Gasteiger charge is 2.35. The minimum Gasteiger partial charge on any atom is -0.354 e. The number of amides is 4. The van der Waals surface area contributed by atoms with Gasteiger partial charge in [-0.3, -0.25) is 24.1 Å². The van der Waals surface area contributed by atoms with Gasteiger partial charge in [0.25, 0.3) is 11.8 Å². The fourth-order valence-corrected chi connectivity index (χ4v) is 4.14. The second-order valence-corrected chi connectivity index (χ2v) is 8.82. The Hall–Kier alpha value is -3.19. The summed E-state index contributed by atoms with van der Waals surface area (Å²) < 4.78 is 0. The molecule has 0 unspecified atom stereocenters. The molecule has 0 radical (unpaired) electrons. The van der Waals surface area contributed by atoms with Gasteiger partial charge in [0.1, 0.15) is 6.04 Å². The largest absolute Gasteiger partial charge is 0.354 e. The number of rotatable bonds is 11. The van der Waals surface area contributed by atoms with Crippen molar-refractivity contribution in [3.05, 3.63) is 70.2 Å². The van der Waals surface area contributed by atoms with Gasteiger partial charge in [-0.1, -0.05) is 49.2 Å². The van der Waals surface area contributed by atoms with Crippen LogP contribution in [-0.2, 0) is 16.1 Å². The number of benzene rings is 2. The fraction of sp³-hybridized carbons (Fsp3) is 0.385. The van der Waals surface area contributed by atoms with Crippen molar-refractivity contribution in [3.8, 4) is 0 Å². The van der Waals surface area contributed by atoms with Crippen molar-refractivity contribution in [2.45, 2.75) is 52.1 Å². The van der Waals surface area contributed by atoms with Gasteiger partial charge in [0.15, 0.2) is 0 Å². The topological polar surface area (TPSA) is 86.8 Å². The van der Waals surface area contributed by atoms with E-state index in [1.807, 2.05) is 13.0 Å². The maximum absolute atomic E-state index is 13.2. The summed E-state index contributed by atoms with van der Waals surface area (Å²) in [6, 6.07) is 13.2. The molecule has 0 saturated heterocycles. The van der Waals surface area contributed by atoms with E-state index in [0.29, 0.717) is 29.1 Å². The molecule has 1 aliphatic heterocycles. The van der Waals surface area contributed by atoms with Crippen LogP contribution >= 0.6 is 11.6 Å². The second-order valence-electron chi connectivity index (χ2n) is 8.38. The zero-order valence-corrected chi connectivity index (χ0v) is 20.3. The molecule has 2 aromatic carbocycles. The molecule has 1 aliphatic rings. The number of unbranched alkanes of at least 4 members (excludes halogenated alkanes) is 1. The standard InChI is InChI=1S/C26H30ClN3O4/c1-3-4-14-28-24(32)18(2)30(17-19-9-7-10-20(27)16-19)23(31)13-8-15-29-25(33)21-11-5-6-12-22(21)26(29)34/h5-7,9-12,16,18H,3-4,8,13-15,17H2,1-2H3,(H,28,32)/t18-/m0/s1. The Morgan fingerprint density at radius 1 is 1.03 bits per heavy atom. The average molecular weight is 484 g/mol. The molecule has 1 atom stereocenters.